The van der Waals surface area contributed by atoms with Crippen molar-refractivity contribution in [3.05, 3.63) is 22.3 Å². The van der Waals surface area contributed by atoms with E-state index >= 15 is 0 Å². The molecule has 2 rings (SSSR count). The van der Waals surface area contributed by atoms with Crippen LogP contribution >= 0.6 is 15.9 Å². The van der Waals surface area contributed by atoms with E-state index in [2.05, 4.69) is 51.0 Å². The summed E-state index contributed by atoms with van der Waals surface area (Å²) in [6, 6.07) is 2.20. The van der Waals surface area contributed by atoms with Crippen molar-refractivity contribution in [3.8, 4) is 0 Å². The third-order valence-electron chi connectivity index (χ3n) is 4.20. The van der Waals surface area contributed by atoms with Gasteiger partial charge in [0.25, 0.3) is 0 Å². The van der Waals surface area contributed by atoms with Crippen molar-refractivity contribution < 1.29 is 0 Å². The molecule has 1 aliphatic rings. The van der Waals surface area contributed by atoms with Crippen molar-refractivity contribution in [2.45, 2.75) is 46.1 Å². The maximum atomic E-state index is 4.69. The molecule has 1 saturated heterocycles. The molecule has 1 fully saturated rings. The number of rotatable bonds is 5. The minimum absolute atomic E-state index is 0.895. The highest BCUT2D eigenvalue weighted by Crippen LogP contribution is 2.27. The molecule has 0 radical (unpaired) electrons. The van der Waals surface area contributed by atoms with Crippen molar-refractivity contribution in [3.63, 3.8) is 0 Å². The van der Waals surface area contributed by atoms with Crippen LogP contribution in [0.1, 0.15) is 45.1 Å². The summed E-state index contributed by atoms with van der Waals surface area (Å²) in [6.45, 7) is 8.63. The Morgan fingerprint density at radius 3 is 2.95 bits per heavy atom. The molecule has 2 heterocycles. The van der Waals surface area contributed by atoms with Crippen molar-refractivity contribution in [2.75, 3.05) is 24.5 Å². The lowest BCUT2D eigenvalue weighted by Gasteiger charge is -2.24. The first-order chi connectivity index (χ1) is 9.74. The van der Waals surface area contributed by atoms with E-state index in [0.717, 1.165) is 36.6 Å². The summed E-state index contributed by atoms with van der Waals surface area (Å²) >= 11 is 3.54. The molecule has 4 heteroatoms. The number of hydrogen-bond donors (Lipinski definition) is 1. The molecule has 112 valence electrons. The van der Waals surface area contributed by atoms with E-state index in [9.17, 15) is 0 Å². The minimum Gasteiger partial charge on any atom is -0.356 e. The van der Waals surface area contributed by atoms with Crippen LogP contribution < -0.4 is 10.2 Å². The SMILES string of the molecule is CCNCc1cc(Br)cnc1N1CCCC(CC)CC1. The van der Waals surface area contributed by atoms with E-state index in [1.807, 2.05) is 6.20 Å². The summed E-state index contributed by atoms with van der Waals surface area (Å²) in [6.07, 6.45) is 7.19. The fraction of sp³-hybridized carbons (Fsp3) is 0.688. The second-order valence-electron chi connectivity index (χ2n) is 5.61. The Hall–Kier alpha value is -0.610. The highest BCUT2D eigenvalue weighted by atomic mass is 79.9. The molecule has 1 aliphatic heterocycles. The van der Waals surface area contributed by atoms with Gasteiger partial charge in [-0.15, -0.1) is 0 Å². The predicted octanol–water partition coefficient (Wildman–Crippen LogP) is 3.97. The number of pyridine rings is 1. The number of nitrogens with zero attached hydrogens (tertiary/aromatic N) is 2. The molecule has 0 aliphatic carbocycles. The summed E-state index contributed by atoms with van der Waals surface area (Å²) in [5.74, 6) is 2.07. The number of hydrogen-bond acceptors (Lipinski definition) is 3. The maximum Gasteiger partial charge on any atom is 0.133 e. The Bertz CT molecular complexity index is 422. The topological polar surface area (TPSA) is 28.2 Å². The van der Waals surface area contributed by atoms with Gasteiger partial charge in [-0.3, -0.25) is 0 Å². The highest BCUT2D eigenvalue weighted by molar-refractivity contribution is 9.10. The molecular formula is C16H26BrN3. The lowest BCUT2D eigenvalue weighted by Crippen LogP contribution is -2.27. The van der Waals surface area contributed by atoms with Crippen molar-refractivity contribution in [1.82, 2.24) is 10.3 Å². The van der Waals surface area contributed by atoms with Crippen LogP contribution in [0.2, 0.25) is 0 Å². The Morgan fingerprint density at radius 1 is 1.35 bits per heavy atom. The molecule has 0 spiro atoms. The van der Waals surface area contributed by atoms with Gasteiger partial charge in [0.05, 0.1) is 0 Å². The average molecular weight is 340 g/mol. The zero-order chi connectivity index (χ0) is 14.4. The first kappa shape index (κ1) is 15.8. The molecular weight excluding hydrogens is 314 g/mol. The largest absolute Gasteiger partial charge is 0.356 e. The Labute approximate surface area is 131 Å². The quantitative estimate of drug-likeness (QED) is 0.879. The van der Waals surface area contributed by atoms with Gasteiger partial charge in [0.1, 0.15) is 5.82 Å². The molecule has 0 amide bonds. The summed E-state index contributed by atoms with van der Waals surface area (Å²) < 4.78 is 1.07. The van der Waals surface area contributed by atoms with E-state index in [1.165, 1.54) is 37.1 Å². The maximum absolute atomic E-state index is 4.69. The van der Waals surface area contributed by atoms with Gasteiger partial charge in [-0.1, -0.05) is 20.3 Å². The summed E-state index contributed by atoms with van der Waals surface area (Å²) in [7, 11) is 0. The molecule has 1 N–H and O–H groups in total. The summed E-state index contributed by atoms with van der Waals surface area (Å²) in [4.78, 5) is 7.17. The van der Waals surface area contributed by atoms with Crippen LogP contribution in [0, 0.1) is 5.92 Å². The van der Waals surface area contributed by atoms with Crippen LogP contribution in [-0.2, 0) is 6.54 Å². The Balaban J connectivity index is 2.13. The summed E-state index contributed by atoms with van der Waals surface area (Å²) in [5.41, 5.74) is 1.30. The minimum atomic E-state index is 0.895. The Morgan fingerprint density at radius 2 is 2.20 bits per heavy atom. The second kappa shape index (κ2) is 7.99. The molecule has 1 aromatic rings. The monoisotopic (exact) mass is 339 g/mol. The van der Waals surface area contributed by atoms with Crippen molar-refractivity contribution in [2.24, 2.45) is 5.92 Å². The van der Waals surface area contributed by atoms with Crippen LogP contribution in [0.15, 0.2) is 16.7 Å². The first-order valence-corrected chi connectivity index (χ1v) is 8.64. The summed E-state index contributed by atoms with van der Waals surface area (Å²) in [5, 5.41) is 3.42. The smallest absolute Gasteiger partial charge is 0.133 e. The lowest BCUT2D eigenvalue weighted by atomic mass is 9.98. The molecule has 1 unspecified atom stereocenters. The standard InChI is InChI=1S/C16H26BrN3/c1-3-13-6-5-8-20(9-7-13)16-14(11-18-4-2)10-15(17)12-19-16/h10,12-13,18H,3-9,11H2,1-2H3. The van der Waals surface area contributed by atoms with Crippen LogP contribution in [0.4, 0.5) is 5.82 Å². The zero-order valence-corrected chi connectivity index (χ0v) is 14.2. The molecule has 0 bridgehead atoms. The predicted molar refractivity (Wildman–Crippen MR) is 89.2 cm³/mol. The number of halogens is 1. The average Bonchev–Trinajstić information content (AvgIpc) is 2.70. The van der Waals surface area contributed by atoms with E-state index in [1.54, 1.807) is 0 Å². The van der Waals surface area contributed by atoms with Gasteiger partial charge in [0.2, 0.25) is 0 Å². The fourth-order valence-electron chi connectivity index (χ4n) is 2.93. The first-order valence-electron chi connectivity index (χ1n) is 7.84. The number of anilines is 1. The fourth-order valence-corrected chi connectivity index (χ4v) is 3.31. The molecule has 20 heavy (non-hydrogen) atoms. The van der Waals surface area contributed by atoms with Crippen LogP contribution in [0.25, 0.3) is 0 Å². The van der Waals surface area contributed by atoms with E-state index in [0.29, 0.717) is 0 Å². The van der Waals surface area contributed by atoms with Gasteiger partial charge in [-0.2, -0.15) is 0 Å². The Kier molecular flexibility index (Phi) is 6.30. The molecule has 0 saturated carbocycles. The third kappa shape index (κ3) is 4.19. The van der Waals surface area contributed by atoms with Crippen molar-refractivity contribution in [1.29, 1.82) is 0 Å². The van der Waals surface area contributed by atoms with Gasteiger partial charge >= 0.3 is 0 Å². The van der Waals surface area contributed by atoms with Gasteiger partial charge in [-0.25, -0.2) is 4.98 Å². The number of nitrogens with one attached hydrogen (secondary N) is 1. The normalized spacial score (nSPS) is 19.9. The van der Waals surface area contributed by atoms with E-state index in [-0.39, 0.29) is 0 Å². The molecule has 1 atom stereocenters. The van der Waals surface area contributed by atoms with Crippen LogP contribution in [0.5, 0.6) is 0 Å². The van der Waals surface area contributed by atoms with Crippen molar-refractivity contribution >= 4 is 21.7 Å². The zero-order valence-electron chi connectivity index (χ0n) is 12.7. The van der Waals surface area contributed by atoms with Gasteiger partial charge in [0, 0.05) is 35.9 Å². The molecule has 1 aromatic heterocycles. The lowest BCUT2D eigenvalue weighted by molar-refractivity contribution is 0.459. The van der Waals surface area contributed by atoms with E-state index in [4.69, 9.17) is 0 Å². The van der Waals surface area contributed by atoms with E-state index < -0.39 is 0 Å². The van der Waals surface area contributed by atoms with Crippen LogP contribution in [-0.4, -0.2) is 24.6 Å². The van der Waals surface area contributed by atoms with Crippen LogP contribution in [0.3, 0.4) is 0 Å². The third-order valence-corrected chi connectivity index (χ3v) is 4.63. The number of aromatic nitrogens is 1. The highest BCUT2D eigenvalue weighted by Gasteiger charge is 2.19. The van der Waals surface area contributed by atoms with Gasteiger partial charge in [0.15, 0.2) is 0 Å². The van der Waals surface area contributed by atoms with Gasteiger partial charge in [-0.05, 0) is 53.7 Å². The van der Waals surface area contributed by atoms with Gasteiger partial charge < -0.3 is 10.2 Å². The molecule has 3 nitrogen and oxygen atoms in total. The molecule has 0 aromatic carbocycles. The second-order valence-corrected chi connectivity index (χ2v) is 6.52.